The Bertz CT molecular complexity index is 828. The van der Waals surface area contributed by atoms with Gasteiger partial charge in [-0.15, -0.1) is 0 Å². The molecule has 0 aliphatic heterocycles. The van der Waals surface area contributed by atoms with Crippen LogP contribution >= 0.6 is 11.3 Å². The van der Waals surface area contributed by atoms with Crippen LogP contribution in [0.5, 0.6) is 0 Å². The van der Waals surface area contributed by atoms with Crippen LogP contribution in [0.2, 0.25) is 0 Å². The van der Waals surface area contributed by atoms with Crippen molar-refractivity contribution in [1.29, 1.82) is 0 Å². The highest BCUT2D eigenvalue weighted by Gasteiger charge is 2.16. The topological polar surface area (TPSA) is 67.2 Å². The molecule has 0 saturated heterocycles. The van der Waals surface area contributed by atoms with Gasteiger partial charge in [0.05, 0.1) is 29.2 Å². The average molecular weight is 345 g/mol. The van der Waals surface area contributed by atoms with Gasteiger partial charge in [0.1, 0.15) is 5.82 Å². The third-order valence-corrected chi connectivity index (χ3v) is 4.41. The monoisotopic (exact) mass is 345 g/mol. The molecule has 1 aromatic carbocycles. The number of amides is 1. The molecule has 0 spiro atoms. The molecular formula is C17H16FN3O2S. The number of carbonyl (C=O) groups excluding carboxylic acids is 1. The van der Waals surface area contributed by atoms with Gasteiger partial charge in [0, 0.05) is 6.54 Å². The van der Waals surface area contributed by atoms with Crippen LogP contribution in [0.4, 0.5) is 4.39 Å². The van der Waals surface area contributed by atoms with Crippen LogP contribution < -0.4 is 5.32 Å². The van der Waals surface area contributed by atoms with Gasteiger partial charge in [-0.3, -0.25) is 4.79 Å². The Morgan fingerprint density at radius 2 is 2.12 bits per heavy atom. The van der Waals surface area contributed by atoms with Gasteiger partial charge in [-0.25, -0.2) is 9.07 Å². The summed E-state index contributed by atoms with van der Waals surface area (Å²) in [6.45, 7) is 1.89. The third kappa shape index (κ3) is 3.37. The fraction of sp³-hybridized carbons (Fsp3) is 0.176. The Morgan fingerprint density at radius 1 is 1.38 bits per heavy atom. The summed E-state index contributed by atoms with van der Waals surface area (Å²) >= 11 is 1.49. The molecule has 2 heterocycles. The summed E-state index contributed by atoms with van der Waals surface area (Å²) in [5.74, 6) is -0.640. The molecule has 7 heteroatoms. The van der Waals surface area contributed by atoms with Crippen molar-refractivity contribution in [2.24, 2.45) is 0 Å². The zero-order valence-electron chi connectivity index (χ0n) is 12.9. The largest absolute Gasteiger partial charge is 0.387 e. The van der Waals surface area contributed by atoms with E-state index in [0.717, 1.165) is 5.56 Å². The Labute approximate surface area is 142 Å². The van der Waals surface area contributed by atoms with Crippen LogP contribution in [0.25, 0.3) is 5.69 Å². The molecule has 3 aromatic rings. The van der Waals surface area contributed by atoms with Crippen LogP contribution in [0.3, 0.4) is 0 Å². The Balaban J connectivity index is 1.71. The first-order chi connectivity index (χ1) is 11.6. The first kappa shape index (κ1) is 16.4. The SMILES string of the molecule is Cc1c(C(=O)NCC(O)c2ccsc2)cnn1-c1ccc(F)cc1. The second-order valence-corrected chi connectivity index (χ2v) is 6.09. The van der Waals surface area contributed by atoms with E-state index in [1.807, 2.05) is 16.8 Å². The van der Waals surface area contributed by atoms with Crippen LogP contribution in [-0.2, 0) is 0 Å². The maximum Gasteiger partial charge on any atom is 0.254 e. The third-order valence-electron chi connectivity index (χ3n) is 3.71. The molecule has 0 bridgehead atoms. The smallest absolute Gasteiger partial charge is 0.254 e. The first-order valence-corrected chi connectivity index (χ1v) is 8.29. The van der Waals surface area contributed by atoms with E-state index < -0.39 is 6.10 Å². The molecule has 1 atom stereocenters. The molecule has 0 radical (unpaired) electrons. The first-order valence-electron chi connectivity index (χ1n) is 7.35. The molecular weight excluding hydrogens is 329 g/mol. The quantitative estimate of drug-likeness (QED) is 0.747. The molecule has 2 N–H and O–H groups in total. The van der Waals surface area contributed by atoms with Gasteiger partial charge in [0.25, 0.3) is 5.91 Å². The number of hydrogen-bond donors (Lipinski definition) is 2. The number of rotatable bonds is 5. The van der Waals surface area contributed by atoms with Gasteiger partial charge in [-0.05, 0) is 53.6 Å². The number of thiophene rings is 1. The Morgan fingerprint density at radius 3 is 2.79 bits per heavy atom. The lowest BCUT2D eigenvalue weighted by Crippen LogP contribution is -2.28. The number of hydrogen-bond acceptors (Lipinski definition) is 4. The highest BCUT2D eigenvalue weighted by molar-refractivity contribution is 7.07. The number of aliphatic hydroxyl groups excluding tert-OH is 1. The highest BCUT2D eigenvalue weighted by Crippen LogP contribution is 2.17. The molecule has 3 rings (SSSR count). The molecule has 24 heavy (non-hydrogen) atoms. The lowest BCUT2D eigenvalue weighted by Gasteiger charge is -2.10. The Kier molecular flexibility index (Phi) is 4.73. The maximum atomic E-state index is 13.0. The number of nitrogens with zero attached hydrogens (tertiary/aromatic N) is 2. The van der Waals surface area contributed by atoms with E-state index in [9.17, 15) is 14.3 Å². The van der Waals surface area contributed by atoms with E-state index >= 15 is 0 Å². The van der Waals surface area contributed by atoms with Crippen molar-refractivity contribution in [3.8, 4) is 5.69 Å². The summed E-state index contributed by atoms with van der Waals surface area (Å²) in [7, 11) is 0. The van der Waals surface area contributed by atoms with Crippen LogP contribution in [0.1, 0.15) is 27.7 Å². The predicted molar refractivity (Wildman–Crippen MR) is 89.9 cm³/mol. The number of carbonyl (C=O) groups is 1. The second kappa shape index (κ2) is 6.94. The van der Waals surface area contributed by atoms with Crippen molar-refractivity contribution in [1.82, 2.24) is 15.1 Å². The molecule has 0 aliphatic rings. The number of aliphatic hydroxyl groups is 1. The summed E-state index contributed by atoms with van der Waals surface area (Å²) in [6, 6.07) is 7.69. The lowest BCUT2D eigenvalue weighted by molar-refractivity contribution is 0.0916. The van der Waals surface area contributed by atoms with Gasteiger partial charge < -0.3 is 10.4 Å². The summed E-state index contributed by atoms with van der Waals surface area (Å²) in [4.78, 5) is 12.3. The standard InChI is InChI=1S/C17H16FN3O2S/c1-11-15(8-20-21(11)14-4-2-13(18)3-5-14)17(23)19-9-16(22)12-6-7-24-10-12/h2-8,10,16,22H,9H2,1H3,(H,19,23). The van der Waals surface area contributed by atoms with Crippen LogP contribution in [0.15, 0.2) is 47.3 Å². The minimum atomic E-state index is -0.743. The predicted octanol–water partition coefficient (Wildman–Crippen LogP) is 2.84. The van der Waals surface area contributed by atoms with Crippen LogP contribution in [0, 0.1) is 12.7 Å². The van der Waals surface area contributed by atoms with Gasteiger partial charge in [0.2, 0.25) is 0 Å². The molecule has 1 amide bonds. The van der Waals surface area contributed by atoms with E-state index in [0.29, 0.717) is 16.9 Å². The highest BCUT2D eigenvalue weighted by atomic mass is 32.1. The maximum absolute atomic E-state index is 13.0. The van der Waals surface area contributed by atoms with Gasteiger partial charge in [-0.2, -0.15) is 16.4 Å². The number of aromatic nitrogens is 2. The van der Waals surface area contributed by atoms with Crippen molar-refractivity contribution in [2.75, 3.05) is 6.54 Å². The molecule has 0 aliphatic carbocycles. The van der Waals surface area contributed by atoms with Crippen molar-refractivity contribution in [3.63, 3.8) is 0 Å². The Hall–Kier alpha value is -2.51. The number of benzene rings is 1. The zero-order chi connectivity index (χ0) is 17.1. The van der Waals surface area contributed by atoms with Gasteiger partial charge in [0.15, 0.2) is 0 Å². The molecule has 1 unspecified atom stereocenters. The van der Waals surface area contributed by atoms with E-state index in [-0.39, 0.29) is 18.3 Å². The molecule has 5 nitrogen and oxygen atoms in total. The van der Waals surface area contributed by atoms with Crippen molar-refractivity contribution in [2.45, 2.75) is 13.0 Å². The van der Waals surface area contributed by atoms with Crippen molar-refractivity contribution >= 4 is 17.2 Å². The minimum absolute atomic E-state index is 0.122. The molecule has 0 saturated carbocycles. The van der Waals surface area contributed by atoms with Gasteiger partial charge >= 0.3 is 0 Å². The normalized spacial score (nSPS) is 12.1. The fourth-order valence-electron chi connectivity index (χ4n) is 2.34. The minimum Gasteiger partial charge on any atom is -0.387 e. The molecule has 2 aromatic heterocycles. The van der Waals surface area contributed by atoms with Crippen molar-refractivity contribution in [3.05, 3.63) is 69.9 Å². The van der Waals surface area contributed by atoms with E-state index in [4.69, 9.17) is 0 Å². The van der Waals surface area contributed by atoms with Crippen LogP contribution in [-0.4, -0.2) is 27.3 Å². The average Bonchev–Trinajstić information content (AvgIpc) is 3.23. The molecule has 0 fully saturated rings. The number of nitrogens with one attached hydrogen (secondary N) is 1. The summed E-state index contributed by atoms with van der Waals surface area (Å²) in [5.41, 5.74) is 2.51. The molecule has 124 valence electrons. The summed E-state index contributed by atoms with van der Waals surface area (Å²) in [6.07, 6.45) is 0.720. The van der Waals surface area contributed by atoms with E-state index in [1.54, 1.807) is 23.7 Å². The van der Waals surface area contributed by atoms with E-state index in [1.165, 1.54) is 29.7 Å². The second-order valence-electron chi connectivity index (χ2n) is 5.31. The summed E-state index contributed by atoms with van der Waals surface area (Å²) in [5, 5.41) is 20.6. The summed E-state index contributed by atoms with van der Waals surface area (Å²) < 4.78 is 14.6. The van der Waals surface area contributed by atoms with E-state index in [2.05, 4.69) is 10.4 Å². The lowest BCUT2D eigenvalue weighted by atomic mass is 10.2. The zero-order valence-corrected chi connectivity index (χ0v) is 13.8. The van der Waals surface area contributed by atoms with Crippen molar-refractivity contribution < 1.29 is 14.3 Å². The van der Waals surface area contributed by atoms with Gasteiger partial charge in [-0.1, -0.05) is 0 Å². The fourth-order valence-corrected chi connectivity index (χ4v) is 3.05. The number of halogens is 1.